The summed E-state index contributed by atoms with van der Waals surface area (Å²) in [6.07, 6.45) is 8.66. The third-order valence-corrected chi connectivity index (χ3v) is 4.91. The van der Waals surface area contributed by atoms with Crippen molar-refractivity contribution in [1.29, 1.82) is 0 Å². The van der Waals surface area contributed by atoms with Gasteiger partial charge in [0.05, 0.1) is 0 Å². The van der Waals surface area contributed by atoms with E-state index in [1.165, 1.54) is 19.3 Å². The maximum atomic E-state index is 5.44. The van der Waals surface area contributed by atoms with Crippen molar-refractivity contribution in [2.24, 2.45) is 0 Å². The minimum Gasteiger partial charge on any atom is -0.339 e. The first kappa shape index (κ1) is 14.7. The molecule has 2 heterocycles. The smallest absolute Gasteiger partial charge is 0.228 e. The van der Waals surface area contributed by atoms with E-state index >= 15 is 0 Å². The van der Waals surface area contributed by atoms with Crippen LogP contribution >= 0.6 is 15.9 Å². The number of aromatic nitrogens is 3. The molecule has 6 heteroatoms. The second-order valence-electron chi connectivity index (χ2n) is 5.61. The lowest BCUT2D eigenvalue weighted by Gasteiger charge is -2.36. The predicted octanol–water partition coefficient (Wildman–Crippen LogP) is 3.36. The Kier molecular flexibility index (Phi) is 4.35. The number of hydrogen-bond acceptors (Lipinski definition) is 5. The van der Waals surface area contributed by atoms with Crippen LogP contribution in [0, 0.1) is 0 Å². The first-order valence-corrected chi connectivity index (χ1v) is 8.14. The van der Waals surface area contributed by atoms with Crippen LogP contribution in [-0.4, -0.2) is 27.7 Å². The van der Waals surface area contributed by atoms with Crippen molar-refractivity contribution in [3.63, 3.8) is 0 Å². The van der Waals surface area contributed by atoms with E-state index in [0.29, 0.717) is 11.7 Å². The van der Waals surface area contributed by atoms with Gasteiger partial charge >= 0.3 is 0 Å². The van der Waals surface area contributed by atoms with Crippen LogP contribution in [0.2, 0.25) is 0 Å². The maximum absolute atomic E-state index is 5.44. The van der Waals surface area contributed by atoms with Gasteiger partial charge in [-0.3, -0.25) is 4.98 Å². The van der Waals surface area contributed by atoms with E-state index in [1.807, 2.05) is 19.2 Å². The van der Waals surface area contributed by atoms with Gasteiger partial charge in [-0.05, 0) is 48.0 Å². The van der Waals surface area contributed by atoms with Gasteiger partial charge in [-0.15, -0.1) is 0 Å². The van der Waals surface area contributed by atoms with Gasteiger partial charge in [-0.2, -0.15) is 4.98 Å². The minimum atomic E-state index is 0.101. The Morgan fingerprint density at radius 3 is 2.86 bits per heavy atom. The molecule has 0 saturated heterocycles. The van der Waals surface area contributed by atoms with E-state index in [-0.39, 0.29) is 5.54 Å². The Balaban J connectivity index is 1.80. The second-order valence-corrected chi connectivity index (χ2v) is 6.47. The number of hydrogen-bond donors (Lipinski definition) is 1. The third-order valence-electron chi connectivity index (χ3n) is 4.27. The topological polar surface area (TPSA) is 63.8 Å². The van der Waals surface area contributed by atoms with E-state index < -0.39 is 0 Å². The summed E-state index contributed by atoms with van der Waals surface area (Å²) in [4.78, 5) is 8.82. The van der Waals surface area contributed by atoms with Crippen molar-refractivity contribution in [3.05, 3.63) is 28.7 Å². The fourth-order valence-corrected chi connectivity index (χ4v) is 3.44. The fourth-order valence-electron chi connectivity index (χ4n) is 3.01. The predicted molar refractivity (Wildman–Crippen MR) is 83.8 cm³/mol. The van der Waals surface area contributed by atoms with Crippen molar-refractivity contribution in [2.75, 3.05) is 7.05 Å². The quantitative estimate of drug-likeness (QED) is 0.915. The third kappa shape index (κ3) is 3.16. The molecule has 2 aromatic rings. The Labute approximate surface area is 132 Å². The van der Waals surface area contributed by atoms with Crippen molar-refractivity contribution in [3.8, 4) is 11.5 Å². The summed E-state index contributed by atoms with van der Waals surface area (Å²) < 4.78 is 6.32. The number of rotatable bonds is 4. The van der Waals surface area contributed by atoms with Gasteiger partial charge in [-0.25, -0.2) is 0 Å². The molecular weight excluding hydrogens is 332 g/mol. The average Bonchev–Trinajstić information content (AvgIpc) is 2.97. The van der Waals surface area contributed by atoms with Crippen LogP contribution in [0.1, 0.15) is 38.0 Å². The molecule has 1 N–H and O–H groups in total. The molecule has 0 bridgehead atoms. The molecule has 1 aliphatic rings. The van der Waals surface area contributed by atoms with Crippen molar-refractivity contribution < 1.29 is 4.52 Å². The van der Waals surface area contributed by atoms with Gasteiger partial charge in [0.25, 0.3) is 0 Å². The Bertz CT molecular complexity index is 607. The lowest BCUT2D eigenvalue weighted by Crippen LogP contribution is -2.46. The Morgan fingerprint density at radius 2 is 2.14 bits per heavy atom. The first-order valence-electron chi connectivity index (χ1n) is 7.35. The number of halogens is 1. The molecule has 112 valence electrons. The lowest BCUT2D eigenvalue weighted by atomic mass is 9.79. The molecule has 5 nitrogen and oxygen atoms in total. The molecule has 0 atom stereocenters. The first-order chi connectivity index (χ1) is 10.2. The summed E-state index contributed by atoms with van der Waals surface area (Å²) in [7, 11) is 2.03. The summed E-state index contributed by atoms with van der Waals surface area (Å²) in [5.74, 6) is 1.22. The van der Waals surface area contributed by atoms with Crippen LogP contribution in [-0.2, 0) is 6.42 Å². The molecule has 0 radical (unpaired) electrons. The zero-order valence-electron chi connectivity index (χ0n) is 12.1. The number of likely N-dealkylation sites (N-methyl/N-ethyl adjacent to an activating group) is 1. The summed E-state index contributed by atoms with van der Waals surface area (Å²) in [5, 5.41) is 7.55. The van der Waals surface area contributed by atoms with Gasteiger partial charge in [0.1, 0.15) is 5.69 Å². The minimum absolute atomic E-state index is 0.101. The summed E-state index contributed by atoms with van der Waals surface area (Å²) >= 11 is 3.47. The molecule has 0 aliphatic heterocycles. The van der Waals surface area contributed by atoms with Crippen molar-refractivity contribution >= 4 is 15.9 Å². The molecule has 0 amide bonds. The van der Waals surface area contributed by atoms with Crippen LogP contribution in [0.3, 0.4) is 0 Å². The highest BCUT2D eigenvalue weighted by atomic mass is 79.9. The Hall–Kier alpha value is -1.27. The van der Waals surface area contributed by atoms with Crippen LogP contribution < -0.4 is 5.32 Å². The van der Waals surface area contributed by atoms with Crippen LogP contribution in [0.5, 0.6) is 0 Å². The molecule has 1 fully saturated rings. The molecular formula is C15H19BrN4O. The molecule has 21 heavy (non-hydrogen) atoms. The Morgan fingerprint density at radius 1 is 1.33 bits per heavy atom. The summed E-state index contributed by atoms with van der Waals surface area (Å²) in [5.41, 5.74) is 0.818. The van der Waals surface area contributed by atoms with Gasteiger partial charge in [0, 0.05) is 22.6 Å². The van der Waals surface area contributed by atoms with Crippen molar-refractivity contribution in [1.82, 2.24) is 20.4 Å². The van der Waals surface area contributed by atoms with E-state index in [9.17, 15) is 0 Å². The highest BCUT2D eigenvalue weighted by Crippen LogP contribution is 2.31. The fraction of sp³-hybridized carbons (Fsp3) is 0.533. The molecule has 0 spiro atoms. The second kappa shape index (κ2) is 6.23. The number of pyridine rings is 1. The van der Waals surface area contributed by atoms with E-state index in [1.54, 1.807) is 6.20 Å². The zero-order chi connectivity index (χ0) is 14.7. The lowest BCUT2D eigenvalue weighted by molar-refractivity contribution is 0.221. The molecule has 1 saturated carbocycles. The van der Waals surface area contributed by atoms with Crippen LogP contribution in [0.4, 0.5) is 0 Å². The highest BCUT2D eigenvalue weighted by Gasteiger charge is 2.32. The SMILES string of the molecule is CNC1(Cc2nc(-c3ncccc3Br)no2)CCCCC1. The van der Waals surface area contributed by atoms with Gasteiger partial charge < -0.3 is 9.84 Å². The van der Waals surface area contributed by atoms with E-state index in [0.717, 1.165) is 29.4 Å². The van der Waals surface area contributed by atoms with Gasteiger partial charge in [-0.1, -0.05) is 24.4 Å². The monoisotopic (exact) mass is 350 g/mol. The maximum Gasteiger partial charge on any atom is 0.228 e. The average molecular weight is 351 g/mol. The van der Waals surface area contributed by atoms with Crippen LogP contribution in [0.25, 0.3) is 11.5 Å². The molecule has 3 rings (SSSR count). The highest BCUT2D eigenvalue weighted by molar-refractivity contribution is 9.10. The van der Waals surface area contributed by atoms with Gasteiger partial charge in [0.15, 0.2) is 0 Å². The van der Waals surface area contributed by atoms with Crippen LogP contribution in [0.15, 0.2) is 27.3 Å². The number of nitrogens with zero attached hydrogens (tertiary/aromatic N) is 3. The number of nitrogens with one attached hydrogen (secondary N) is 1. The summed E-state index contributed by atoms with van der Waals surface area (Å²) in [6, 6.07) is 3.79. The molecule has 0 aromatic carbocycles. The molecule has 0 unspecified atom stereocenters. The van der Waals surface area contributed by atoms with E-state index in [4.69, 9.17) is 4.52 Å². The largest absolute Gasteiger partial charge is 0.339 e. The molecule has 2 aromatic heterocycles. The normalized spacial score (nSPS) is 17.8. The van der Waals surface area contributed by atoms with E-state index in [2.05, 4.69) is 36.4 Å². The summed E-state index contributed by atoms with van der Waals surface area (Å²) in [6.45, 7) is 0. The van der Waals surface area contributed by atoms with Crippen molar-refractivity contribution in [2.45, 2.75) is 44.1 Å². The van der Waals surface area contributed by atoms with Gasteiger partial charge in [0.2, 0.25) is 11.7 Å². The standard InChI is InChI=1S/C15H19BrN4O/c1-17-15(7-3-2-4-8-15)10-12-19-14(20-21-12)13-11(16)6-5-9-18-13/h5-6,9,17H,2-4,7-8,10H2,1H3. The zero-order valence-corrected chi connectivity index (χ0v) is 13.7. The molecule has 1 aliphatic carbocycles.